The van der Waals surface area contributed by atoms with E-state index in [4.69, 9.17) is 0 Å². The zero-order chi connectivity index (χ0) is 15.2. The molecular weight excluding hydrogens is 271 g/mol. The molecular formula is C14H18F3NO2. The van der Waals surface area contributed by atoms with Crippen LogP contribution < -0.4 is 10.1 Å². The summed E-state index contributed by atoms with van der Waals surface area (Å²) < 4.78 is 39.7. The third-order valence-corrected chi connectivity index (χ3v) is 2.64. The summed E-state index contributed by atoms with van der Waals surface area (Å²) in [6.07, 6.45) is -4.09. The zero-order valence-electron chi connectivity index (χ0n) is 11.5. The lowest BCUT2D eigenvalue weighted by Crippen LogP contribution is -2.28. The standard InChI is InChI=1S/C14H18F3NO2/c1-3-18-10(2)8-12(19)9-11-4-6-13(7-5-11)20-14(15,16)17/h4-7,10,18H,3,8-9H2,1-2H3. The minimum Gasteiger partial charge on any atom is -0.406 e. The summed E-state index contributed by atoms with van der Waals surface area (Å²) >= 11 is 0. The lowest BCUT2D eigenvalue weighted by Gasteiger charge is -2.11. The molecule has 0 heterocycles. The van der Waals surface area contributed by atoms with Gasteiger partial charge in [0.15, 0.2) is 0 Å². The number of carbonyl (C=O) groups excluding carboxylic acids is 1. The van der Waals surface area contributed by atoms with Gasteiger partial charge in [0.25, 0.3) is 0 Å². The quantitative estimate of drug-likeness (QED) is 0.838. The van der Waals surface area contributed by atoms with Gasteiger partial charge in [0.2, 0.25) is 0 Å². The molecule has 1 unspecified atom stereocenters. The highest BCUT2D eigenvalue weighted by atomic mass is 19.4. The fourth-order valence-corrected chi connectivity index (χ4v) is 1.87. The van der Waals surface area contributed by atoms with Crippen LogP contribution in [0.1, 0.15) is 25.8 Å². The Labute approximate surface area is 116 Å². The molecule has 6 heteroatoms. The number of hydrogen-bond acceptors (Lipinski definition) is 3. The van der Waals surface area contributed by atoms with Gasteiger partial charge in [-0.05, 0) is 31.2 Å². The molecule has 0 aliphatic rings. The number of rotatable bonds is 7. The van der Waals surface area contributed by atoms with Gasteiger partial charge in [-0.15, -0.1) is 13.2 Å². The highest BCUT2D eigenvalue weighted by molar-refractivity contribution is 5.81. The van der Waals surface area contributed by atoms with Gasteiger partial charge in [-0.3, -0.25) is 4.79 Å². The fourth-order valence-electron chi connectivity index (χ4n) is 1.87. The molecule has 0 radical (unpaired) electrons. The van der Waals surface area contributed by atoms with Crippen LogP contribution in [0.25, 0.3) is 0 Å². The Morgan fingerprint density at radius 1 is 1.30 bits per heavy atom. The molecule has 1 aromatic carbocycles. The largest absolute Gasteiger partial charge is 0.573 e. The Morgan fingerprint density at radius 2 is 1.90 bits per heavy atom. The van der Waals surface area contributed by atoms with Crippen molar-refractivity contribution in [1.29, 1.82) is 0 Å². The topological polar surface area (TPSA) is 38.3 Å². The molecule has 0 aliphatic carbocycles. The number of nitrogens with one attached hydrogen (secondary N) is 1. The molecule has 112 valence electrons. The SMILES string of the molecule is CCNC(C)CC(=O)Cc1ccc(OC(F)(F)F)cc1. The molecule has 3 nitrogen and oxygen atoms in total. The monoisotopic (exact) mass is 289 g/mol. The van der Waals surface area contributed by atoms with Crippen LogP contribution in [0.3, 0.4) is 0 Å². The van der Waals surface area contributed by atoms with Crippen LogP contribution in [0.5, 0.6) is 5.75 Å². The predicted molar refractivity (Wildman–Crippen MR) is 69.6 cm³/mol. The first-order valence-corrected chi connectivity index (χ1v) is 6.40. The number of carbonyl (C=O) groups is 1. The molecule has 20 heavy (non-hydrogen) atoms. The van der Waals surface area contributed by atoms with Gasteiger partial charge in [0.1, 0.15) is 11.5 Å². The van der Waals surface area contributed by atoms with Gasteiger partial charge in [-0.2, -0.15) is 0 Å². The van der Waals surface area contributed by atoms with Crippen molar-refractivity contribution in [3.05, 3.63) is 29.8 Å². The van der Waals surface area contributed by atoms with Crippen LogP contribution in [0.4, 0.5) is 13.2 Å². The maximum absolute atomic E-state index is 12.0. The van der Waals surface area contributed by atoms with E-state index in [-0.39, 0.29) is 24.0 Å². The Morgan fingerprint density at radius 3 is 2.40 bits per heavy atom. The summed E-state index contributed by atoms with van der Waals surface area (Å²) in [7, 11) is 0. The van der Waals surface area contributed by atoms with Gasteiger partial charge in [0, 0.05) is 18.9 Å². The van der Waals surface area contributed by atoms with Crippen LogP contribution in [0.15, 0.2) is 24.3 Å². The van der Waals surface area contributed by atoms with E-state index in [1.807, 2.05) is 13.8 Å². The molecule has 0 spiro atoms. The summed E-state index contributed by atoms with van der Waals surface area (Å²) in [5, 5.41) is 3.13. The van der Waals surface area contributed by atoms with E-state index >= 15 is 0 Å². The van der Waals surface area contributed by atoms with Crippen LogP contribution >= 0.6 is 0 Å². The van der Waals surface area contributed by atoms with Crippen molar-refractivity contribution in [3.8, 4) is 5.75 Å². The minimum atomic E-state index is -4.70. The van der Waals surface area contributed by atoms with E-state index in [1.54, 1.807) is 0 Å². The number of Topliss-reactive ketones (excluding diaryl/α,β-unsaturated/α-hetero) is 1. The van der Waals surface area contributed by atoms with Crippen molar-refractivity contribution >= 4 is 5.78 Å². The highest BCUT2D eigenvalue weighted by Gasteiger charge is 2.30. The summed E-state index contributed by atoms with van der Waals surface area (Å²) in [6, 6.07) is 5.46. The Balaban J connectivity index is 2.51. The van der Waals surface area contributed by atoms with Crippen molar-refractivity contribution in [1.82, 2.24) is 5.32 Å². The second-order valence-electron chi connectivity index (χ2n) is 4.57. The van der Waals surface area contributed by atoms with Crippen LogP contribution in [0, 0.1) is 0 Å². The molecule has 0 saturated carbocycles. The van der Waals surface area contributed by atoms with Gasteiger partial charge in [-0.1, -0.05) is 19.1 Å². The molecule has 0 amide bonds. The Kier molecular flexibility index (Phi) is 6.01. The summed E-state index contributed by atoms with van der Waals surface area (Å²) in [5.41, 5.74) is 0.674. The molecule has 0 bridgehead atoms. The van der Waals surface area contributed by atoms with Crippen LogP contribution in [-0.4, -0.2) is 24.7 Å². The smallest absolute Gasteiger partial charge is 0.406 e. The summed E-state index contributed by atoms with van der Waals surface area (Å²) in [6.45, 7) is 4.67. The molecule has 0 fully saturated rings. The van der Waals surface area contributed by atoms with Crippen molar-refractivity contribution in [3.63, 3.8) is 0 Å². The molecule has 0 aromatic heterocycles. The first kappa shape index (κ1) is 16.5. The zero-order valence-corrected chi connectivity index (χ0v) is 11.5. The maximum Gasteiger partial charge on any atom is 0.573 e. The lowest BCUT2D eigenvalue weighted by atomic mass is 10.0. The van der Waals surface area contributed by atoms with Crippen LogP contribution in [-0.2, 0) is 11.2 Å². The van der Waals surface area contributed by atoms with E-state index in [1.165, 1.54) is 24.3 Å². The molecule has 1 N–H and O–H groups in total. The van der Waals surface area contributed by atoms with Gasteiger partial charge in [-0.25, -0.2) is 0 Å². The first-order chi connectivity index (χ1) is 9.30. The average Bonchev–Trinajstić information content (AvgIpc) is 2.30. The summed E-state index contributed by atoms with van der Waals surface area (Å²) in [5.74, 6) is -0.238. The van der Waals surface area contributed by atoms with Crippen molar-refractivity contribution < 1.29 is 22.7 Å². The van der Waals surface area contributed by atoms with Crippen molar-refractivity contribution in [2.75, 3.05) is 6.54 Å². The lowest BCUT2D eigenvalue weighted by molar-refractivity contribution is -0.274. The van der Waals surface area contributed by atoms with Gasteiger partial charge in [0.05, 0.1) is 0 Å². The summed E-state index contributed by atoms with van der Waals surface area (Å²) in [4.78, 5) is 11.8. The average molecular weight is 289 g/mol. The van der Waals surface area contributed by atoms with E-state index in [9.17, 15) is 18.0 Å². The van der Waals surface area contributed by atoms with Gasteiger partial charge < -0.3 is 10.1 Å². The van der Waals surface area contributed by atoms with Gasteiger partial charge >= 0.3 is 6.36 Å². The second kappa shape index (κ2) is 7.28. The third kappa shape index (κ3) is 6.56. The fraction of sp³-hybridized carbons (Fsp3) is 0.500. The first-order valence-electron chi connectivity index (χ1n) is 6.40. The molecule has 1 atom stereocenters. The van der Waals surface area contributed by atoms with Crippen molar-refractivity contribution in [2.45, 2.75) is 39.1 Å². The maximum atomic E-state index is 12.0. The number of alkyl halides is 3. The highest BCUT2D eigenvalue weighted by Crippen LogP contribution is 2.22. The predicted octanol–water partition coefficient (Wildman–Crippen LogP) is 3.08. The molecule has 0 saturated heterocycles. The minimum absolute atomic E-state index is 0.0444. The number of hydrogen-bond donors (Lipinski definition) is 1. The van der Waals surface area contributed by atoms with E-state index in [0.717, 1.165) is 6.54 Å². The van der Waals surface area contributed by atoms with E-state index in [0.29, 0.717) is 12.0 Å². The van der Waals surface area contributed by atoms with E-state index in [2.05, 4.69) is 10.1 Å². The molecule has 0 aliphatic heterocycles. The molecule has 1 rings (SSSR count). The molecule has 1 aromatic rings. The number of benzene rings is 1. The van der Waals surface area contributed by atoms with E-state index < -0.39 is 6.36 Å². The normalized spacial score (nSPS) is 13.1. The Hall–Kier alpha value is -1.56. The second-order valence-corrected chi connectivity index (χ2v) is 4.57. The number of ketones is 1. The number of halogens is 3. The van der Waals surface area contributed by atoms with Crippen molar-refractivity contribution in [2.24, 2.45) is 0 Å². The van der Waals surface area contributed by atoms with Crippen LogP contribution in [0.2, 0.25) is 0 Å². The third-order valence-electron chi connectivity index (χ3n) is 2.64. The number of ether oxygens (including phenoxy) is 1. The Bertz CT molecular complexity index is 429.